The van der Waals surface area contributed by atoms with Crippen molar-refractivity contribution < 1.29 is 17.9 Å². The zero-order chi connectivity index (χ0) is 18.5. The molecule has 25 heavy (non-hydrogen) atoms. The third kappa shape index (κ3) is 9.95. The van der Waals surface area contributed by atoms with Gasteiger partial charge in [-0.15, -0.1) is 0 Å². The van der Waals surface area contributed by atoms with Gasteiger partial charge in [0.25, 0.3) is 5.90 Å². The first-order valence-electron chi connectivity index (χ1n) is 8.92. The largest absolute Gasteiger partial charge is 0.468 e. The minimum absolute atomic E-state index is 0.152. The van der Waals surface area contributed by atoms with Crippen LogP contribution in [0, 0.1) is 0 Å². The number of hydrogen-bond acceptors (Lipinski definition) is 2. The molecule has 0 N–H and O–H groups in total. The Hall–Kier alpha value is -1.78. The molecule has 1 aromatic carbocycles. The lowest BCUT2D eigenvalue weighted by Gasteiger charge is -2.15. The lowest BCUT2D eigenvalue weighted by atomic mass is 10.1. The van der Waals surface area contributed by atoms with Gasteiger partial charge in [-0.05, 0) is 37.8 Å². The molecule has 0 amide bonds. The van der Waals surface area contributed by atoms with Crippen LogP contribution in [0.2, 0.25) is 0 Å². The van der Waals surface area contributed by atoms with E-state index in [9.17, 15) is 13.2 Å². The lowest BCUT2D eigenvalue weighted by molar-refractivity contribution is -0.0808. The molecule has 1 aromatic rings. The van der Waals surface area contributed by atoms with Crippen molar-refractivity contribution >= 4 is 5.90 Å². The molecule has 140 valence electrons. The van der Waals surface area contributed by atoms with E-state index in [1.54, 1.807) is 13.0 Å². The van der Waals surface area contributed by atoms with Crippen molar-refractivity contribution in [2.24, 2.45) is 4.99 Å². The number of allylic oxidation sites excluding steroid dienone is 1. The molecule has 1 atom stereocenters. The Labute approximate surface area is 148 Å². The Kier molecular flexibility index (Phi) is 9.97. The predicted octanol–water partition coefficient (Wildman–Crippen LogP) is 6.12. The summed E-state index contributed by atoms with van der Waals surface area (Å²) in [5, 5.41) is 0. The first-order chi connectivity index (χ1) is 11.9. The van der Waals surface area contributed by atoms with Gasteiger partial charge in [0.05, 0.1) is 0 Å². The van der Waals surface area contributed by atoms with E-state index in [1.165, 1.54) is 5.56 Å². The second-order valence-electron chi connectivity index (χ2n) is 6.02. The van der Waals surface area contributed by atoms with Crippen LogP contribution in [0.3, 0.4) is 0 Å². The van der Waals surface area contributed by atoms with Gasteiger partial charge in [-0.3, -0.25) is 0 Å². The highest BCUT2D eigenvalue weighted by atomic mass is 19.4. The van der Waals surface area contributed by atoms with Crippen LogP contribution >= 0.6 is 0 Å². The Morgan fingerprint density at radius 1 is 1.16 bits per heavy atom. The topological polar surface area (TPSA) is 21.6 Å². The van der Waals surface area contributed by atoms with E-state index >= 15 is 0 Å². The average Bonchev–Trinajstić information content (AvgIpc) is 2.57. The number of aliphatic imine (C=N–C) groups is 1. The van der Waals surface area contributed by atoms with Crippen molar-refractivity contribution in [3.63, 3.8) is 0 Å². The van der Waals surface area contributed by atoms with Crippen LogP contribution in [0.4, 0.5) is 13.2 Å². The first kappa shape index (κ1) is 21.3. The number of aryl methyl sites for hydroxylation is 1. The summed E-state index contributed by atoms with van der Waals surface area (Å²) in [5.74, 6) is -1.12. The standard InChI is InChI=1S/C20H28F3NO/c1-3-4-5-11-16-24-19(20(21,22)23)25-17(2)12-9-10-15-18-13-7-6-8-14-18/h6-9,12-14,17H,3-5,10-11,15-16H2,1-2H3/b12-9+,24-19?/t17-/m1/s1. The number of unbranched alkanes of at least 4 members (excludes halogenated alkanes) is 3. The van der Waals surface area contributed by atoms with E-state index in [0.717, 1.165) is 32.1 Å². The van der Waals surface area contributed by atoms with Crippen molar-refractivity contribution in [2.45, 2.75) is 64.7 Å². The molecule has 0 spiro atoms. The Morgan fingerprint density at radius 3 is 2.52 bits per heavy atom. The first-order valence-corrected chi connectivity index (χ1v) is 8.92. The van der Waals surface area contributed by atoms with Crippen LogP contribution in [0.5, 0.6) is 0 Å². The highest BCUT2D eigenvalue weighted by Gasteiger charge is 2.38. The number of alkyl halides is 3. The molecule has 0 aliphatic heterocycles. The molecule has 0 aliphatic carbocycles. The predicted molar refractivity (Wildman–Crippen MR) is 96.9 cm³/mol. The van der Waals surface area contributed by atoms with Crippen LogP contribution < -0.4 is 0 Å². The van der Waals surface area contributed by atoms with Crippen molar-refractivity contribution in [1.29, 1.82) is 0 Å². The second-order valence-corrected chi connectivity index (χ2v) is 6.02. The molecule has 0 fully saturated rings. The average molecular weight is 355 g/mol. The Morgan fingerprint density at radius 2 is 1.88 bits per heavy atom. The van der Waals surface area contributed by atoms with Gasteiger partial charge in [-0.25, -0.2) is 4.99 Å². The van der Waals surface area contributed by atoms with E-state index in [2.05, 4.69) is 11.9 Å². The number of rotatable bonds is 10. The molecule has 0 aliphatic rings. The maximum Gasteiger partial charge on any atom is 0.468 e. The summed E-state index contributed by atoms with van der Waals surface area (Å²) >= 11 is 0. The quantitative estimate of drug-likeness (QED) is 0.214. The molecule has 0 saturated carbocycles. The molecule has 0 heterocycles. The third-order valence-corrected chi connectivity index (χ3v) is 3.66. The molecule has 0 unspecified atom stereocenters. The van der Waals surface area contributed by atoms with Crippen LogP contribution in [0.15, 0.2) is 47.5 Å². The van der Waals surface area contributed by atoms with E-state index < -0.39 is 18.2 Å². The SMILES string of the molecule is CCCCCCN=C(O[C@H](C)/C=C/CCc1ccccc1)C(F)(F)F. The molecular formula is C20H28F3NO. The molecule has 0 saturated heterocycles. The highest BCUT2D eigenvalue weighted by molar-refractivity contribution is 5.82. The summed E-state index contributed by atoms with van der Waals surface area (Å²) in [6.07, 6.45) is 3.50. The van der Waals surface area contributed by atoms with Gasteiger partial charge >= 0.3 is 6.18 Å². The van der Waals surface area contributed by atoms with Crippen LogP contribution in [0.25, 0.3) is 0 Å². The minimum Gasteiger partial charge on any atom is -0.467 e. The third-order valence-electron chi connectivity index (χ3n) is 3.66. The van der Waals surface area contributed by atoms with Gasteiger partial charge in [0.2, 0.25) is 0 Å². The summed E-state index contributed by atoms with van der Waals surface area (Å²) in [6.45, 7) is 3.80. The summed E-state index contributed by atoms with van der Waals surface area (Å²) in [5.41, 5.74) is 1.20. The van der Waals surface area contributed by atoms with E-state index in [0.29, 0.717) is 6.42 Å². The van der Waals surface area contributed by atoms with Gasteiger partial charge in [0.1, 0.15) is 6.10 Å². The molecule has 2 nitrogen and oxygen atoms in total. The summed E-state index contributed by atoms with van der Waals surface area (Å²) < 4.78 is 44.0. The van der Waals surface area contributed by atoms with Gasteiger partial charge in [0.15, 0.2) is 0 Å². The van der Waals surface area contributed by atoms with Crippen molar-refractivity contribution in [2.75, 3.05) is 6.54 Å². The molecule has 1 rings (SSSR count). The van der Waals surface area contributed by atoms with Crippen LogP contribution in [-0.2, 0) is 11.2 Å². The molecule has 0 radical (unpaired) electrons. The minimum atomic E-state index is -4.54. The maximum absolute atomic E-state index is 13.0. The van der Waals surface area contributed by atoms with Crippen LogP contribution in [-0.4, -0.2) is 24.7 Å². The maximum atomic E-state index is 13.0. The number of ether oxygens (including phenoxy) is 1. The zero-order valence-corrected chi connectivity index (χ0v) is 15.1. The van der Waals surface area contributed by atoms with Gasteiger partial charge in [-0.2, -0.15) is 13.2 Å². The highest BCUT2D eigenvalue weighted by Crippen LogP contribution is 2.20. The van der Waals surface area contributed by atoms with Gasteiger partial charge in [-0.1, -0.05) is 62.6 Å². The van der Waals surface area contributed by atoms with E-state index in [-0.39, 0.29) is 6.54 Å². The number of nitrogens with zero attached hydrogens (tertiary/aromatic N) is 1. The fraction of sp³-hybridized carbons (Fsp3) is 0.550. The normalized spacial score (nSPS) is 14.0. The van der Waals surface area contributed by atoms with Gasteiger partial charge < -0.3 is 4.74 Å². The molecule has 0 aromatic heterocycles. The monoisotopic (exact) mass is 355 g/mol. The second kappa shape index (κ2) is 11.7. The summed E-state index contributed by atoms with van der Waals surface area (Å²) in [7, 11) is 0. The lowest BCUT2D eigenvalue weighted by Crippen LogP contribution is -2.29. The smallest absolute Gasteiger partial charge is 0.467 e. The van der Waals surface area contributed by atoms with Gasteiger partial charge in [0, 0.05) is 6.54 Å². The van der Waals surface area contributed by atoms with E-state index in [1.807, 2.05) is 36.4 Å². The zero-order valence-electron chi connectivity index (χ0n) is 15.1. The number of benzene rings is 1. The van der Waals surface area contributed by atoms with E-state index in [4.69, 9.17) is 4.74 Å². The summed E-state index contributed by atoms with van der Waals surface area (Å²) in [6, 6.07) is 9.95. The Balaban J connectivity index is 2.44. The summed E-state index contributed by atoms with van der Waals surface area (Å²) in [4.78, 5) is 3.62. The van der Waals surface area contributed by atoms with Crippen molar-refractivity contribution in [1.82, 2.24) is 0 Å². The van der Waals surface area contributed by atoms with Crippen LogP contribution in [0.1, 0.15) is 51.5 Å². The number of hydrogen-bond donors (Lipinski definition) is 0. The fourth-order valence-corrected chi connectivity index (χ4v) is 2.31. The fourth-order valence-electron chi connectivity index (χ4n) is 2.31. The molecule has 5 heteroatoms. The molecular weight excluding hydrogens is 327 g/mol. The molecule has 0 bridgehead atoms. The number of halogens is 3. The van der Waals surface area contributed by atoms with Crippen molar-refractivity contribution in [3.8, 4) is 0 Å². The Bertz CT molecular complexity index is 523. The van der Waals surface area contributed by atoms with Crippen molar-refractivity contribution in [3.05, 3.63) is 48.0 Å².